The second-order valence-electron chi connectivity index (χ2n) is 12.1. The van der Waals surface area contributed by atoms with Gasteiger partial charge in [0.15, 0.2) is 0 Å². The van der Waals surface area contributed by atoms with E-state index in [0.717, 1.165) is 70.6 Å². The normalized spacial score (nSPS) is 33.6. The number of hydrogen-bond acceptors (Lipinski definition) is 5. The van der Waals surface area contributed by atoms with Crippen LogP contribution in [0.4, 0.5) is 4.79 Å². The number of piperazine rings is 1. The zero-order chi connectivity index (χ0) is 26.9. The predicted molar refractivity (Wildman–Crippen MR) is 151 cm³/mol. The molecule has 3 amide bonds. The van der Waals surface area contributed by atoms with E-state index in [1.165, 1.54) is 38.5 Å². The molecule has 0 aromatic carbocycles. The summed E-state index contributed by atoms with van der Waals surface area (Å²) in [4.78, 5) is 30.0. The fourth-order valence-corrected chi connectivity index (χ4v) is 7.61. The Balaban J connectivity index is 1.11. The van der Waals surface area contributed by atoms with Crippen molar-refractivity contribution in [2.24, 2.45) is 5.92 Å². The number of carbonyl (C=O) groups is 2. The van der Waals surface area contributed by atoms with E-state index in [1.807, 2.05) is 4.90 Å². The van der Waals surface area contributed by atoms with Crippen LogP contribution in [0.15, 0.2) is 0 Å². The van der Waals surface area contributed by atoms with Crippen LogP contribution in [0.3, 0.4) is 0 Å². The molecule has 0 radical (unpaired) electrons. The molecule has 0 bridgehead atoms. The molecule has 4 aliphatic rings. The number of rotatable bonds is 9. The number of ether oxygens (including phenoxy) is 2. The molecule has 1 aliphatic heterocycles. The first kappa shape index (κ1) is 29.9. The number of carbonyl (C=O) groups excluding carboxylic acids is 2. The fraction of sp³-hybridized carbons (Fsp3) is 0.931. The van der Waals surface area contributed by atoms with Crippen LogP contribution in [0.25, 0.3) is 0 Å². The highest BCUT2D eigenvalue weighted by Crippen LogP contribution is 2.29. The zero-order valence-corrected chi connectivity index (χ0v) is 24.4. The Morgan fingerprint density at radius 1 is 0.868 bits per heavy atom. The molecule has 4 unspecified atom stereocenters. The third-order valence-electron chi connectivity index (χ3n) is 9.62. The summed E-state index contributed by atoms with van der Waals surface area (Å²) in [5, 5.41) is 6.25. The number of methoxy groups -OCH3 is 2. The lowest BCUT2D eigenvalue weighted by Gasteiger charge is -2.43. The van der Waals surface area contributed by atoms with Crippen LogP contribution in [-0.4, -0.2) is 97.8 Å². The number of halogens is 1. The van der Waals surface area contributed by atoms with E-state index in [0.29, 0.717) is 24.9 Å². The second kappa shape index (κ2) is 15.1. The Bertz CT molecular complexity index is 736. The van der Waals surface area contributed by atoms with E-state index in [9.17, 15) is 9.59 Å². The Morgan fingerprint density at radius 2 is 1.58 bits per heavy atom. The fourth-order valence-electron chi connectivity index (χ4n) is 7.19. The minimum Gasteiger partial charge on any atom is -0.381 e. The van der Waals surface area contributed by atoms with Crippen molar-refractivity contribution < 1.29 is 19.1 Å². The maximum Gasteiger partial charge on any atom is 0.317 e. The minimum absolute atomic E-state index is 0.0480. The smallest absolute Gasteiger partial charge is 0.317 e. The highest BCUT2D eigenvalue weighted by atomic mass is 35.5. The van der Waals surface area contributed by atoms with Crippen molar-refractivity contribution in [3.05, 3.63) is 0 Å². The van der Waals surface area contributed by atoms with Gasteiger partial charge in [0.25, 0.3) is 0 Å². The Morgan fingerprint density at radius 3 is 2.24 bits per heavy atom. The van der Waals surface area contributed by atoms with E-state index in [4.69, 9.17) is 21.1 Å². The van der Waals surface area contributed by atoms with Crippen LogP contribution in [0.2, 0.25) is 0 Å². The van der Waals surface area contributed by atoms with Crippen molar-refractivity contribution in [1.29, 1.82) is 0 Å². The van der Waals surface area contributed by atoms with E-state index in [2.05, 4.69) is 15.5 Å². The van der Waals surface area contributed by atoms with Gasteiger partial charge in [0, 0.05) is 65.3 Å². The number of hydrogen-bond donors (Lipinski definition) is 2. The largest absolute Gasteiger partial charge is 0.381 e. The Hall–Kier alpha value is -1.09. The molecule has 38 heavy (non-hydrogen) atoms. The van der Waals surface area contributed by atoms with Gasteiger partial charge >= 0.3 is 6.03 Å². The molecule has 4 fully saturated rings. The number of amides is 3. The van der Waals surface area contributed by atoms with Crippen molar-refractivity contribution in [3.63, 3.8) is 0 Å². The minimum atomic E-state index is -0.212. The molecular weight excluding hydrogens is 504 g/mol. The molecule has 9 heteroatoms. The van der Waals surface area contributed by atoms with Gasteiger partial charge in [-0.05, 0) is 50.9 Å². The third kappa shape index (κ3) is 8.45. The summed E-state index contributed by atoms with van der Waals surface area (Å²) in [7, 11) is 3.37. The van der Waals surface area contributed by atoms with Crippen molar-refractivity contribution >= 4 is 23.5 Å². The molecule has 0 spiro atoms. The number of nitrogens with one attached hydrogen (secondary N) is 2. The maximum atomic E-state index is 13.0. The first-order valence-corrected chi connectivity index (χ1v) is 15.7. The standard InChI is InChI=1S/C29H51ClN4O4/c1-37-24-19-25(30)28(26(20-24)38-2)32-29(36)34-17-15-33(16-18-34)23-13-11-22(12-14-23)31-27(35)10-6-9-21-7-4-3-5-8-21/h21-26,28H,3-20H2,1-2H3,(H,31,35)(H,32,36). The summed E-state index contributed by atoms with van der Waals surface area (Å²) in [5.74, 6) is 1.10. The topological polar surface area (TPSA) is 83.1 Å². The van der Waals surface area contributed by atoms with Gasteiger partial charge < -0.3 is 25.0 Å². The first-order chi connectivity index (χ1) is 18.5. The van der Waals surface area contributed by atoms with Gasteiger partial charge in [-0.1, -0.05) is 32.1 Å². The second-order valence-corrected chi connectivity index (χ2v) is 12.6. The molecule has 2 N–H and O–H groups in total. The number of alkyl halides is 1. The lowest BCUT2D eigenvalue weighted by Crippen LogP contribution is -2.60. The van der Waals surface area contributed by atoms with Gasteiger partial charge in [0.05, 0.1) is 23.6 Å². The summed E-state index contributed by atoms with van der Waals surface area (Å²) in [6.45, 7) is 3.23. The van der Waals surface area contributed by atoms with E-state index < -0.39 is 0 Å². The Kier molecular flexibility index (Phi) is 11.8. The van der Waals surface area contributed by atoms with Gasteiger partial charge in [-0.25, -0.2) is 4.79 Å². The molecule has 4 rings (SSSR count). The van der Waals surface area contributed by atoms with Gasteiger partial charge in [0.2, 0.25) is 5.91 Å². The van der Waals surface area contributed by atoms with Gasteiger partial charge in [-0.3, -0.25) is 9.69 Å². The van der Waals surface area contributed by atoms with Crippen LogP contribution in [-0.2, 0) is 14.3 Å². The van der Waals surface area contributed by atoms with Crippen LogP contribution >= 0.6 is 11.6 Å². The maximum absolute atomic E-state index is 13.0. The Labute approximate surface area is 234 Å². The average Bonchev–Trinajstić information content (AvgIpc) is 2.95. The SMILES string of the molecule is COC1CC(Cl)C(NC(=O)N2CCN(C3CCC(NC(=O)CCCC4CCCCC4)CC3)CC2)C(OC)C1. The van der Waals surface area contributed by atoms with E-state index >= 15 is 0 Å². The molecule has 1 heterocycles. The molecular formula is C29H51ClN4O4. The van der Waals surface area contributed by atoms with Crippen LogP contribution in [0.5, 0.6) is 0 Å². The molecule has 0 aromatic rings. The average molecular weight is 555 g/mol. The molecule has 4 atom stereocenters. The van der Waals surface area contributed by atoms with E-state index in [-0.39, 0.29) is 35.6 Å². The summed E-state index contributed by atoms with van der Waals surface area (Å²) in [5.41, 5.74) is 0. The van der Waals surface area contributed by atoms with Crippen LogP contribution in [0, 0.1) is 5.92 Å². The van der Waals surface area contributed by atoms with Crippen molar-refractivity contribution in [2.75, 3.05) is 40.4 Å². The lowest BCUT2D eigenvalue weighted by molar-refractivity contribution is -0.122. The zero-order valence-electron chi connectivity index (χ0n) is 23.7. The van der Waals surface area contributed by atoms with Gasteiger partial charge in [0.1, 0.15) is 0 Å². The van der Waals surface area contributed by atoms with Crippen molar-refractivity contribution in [3.8, 4) is 0 Å². The first-order valence-electron chi connectivity index (χ1n) is 15.2. The monoisotopic (exact) mass is 554 g/mol. The predicted octanol–water partition coefficient (Wildman–Crippen LogP) is 4.29. The van der Waals surface area contributed by atoms with Gasteiger partial charge in [-0.15, -0.1) is 11.6 Å². The lowest BCUT2D eigenvalue weighted by atomic mass is 9.85. The summed E-state index contributed by atoms with van der Waals surface area (Å²) >= 11 is 6.61. The van der Waals surface area contributed by atoms with Gasteiger partial charge in [-0.2, -0.15) is 0 Å². The molecule has 3 saturated carbocycles. The highest BCUT2D eigenvalue weighted by molar-refractivity contribution is 6.21. The number of urea groups is 1. The van der Waals surface area contributed by atoms with E-state index in [1.54, 1.807) is 14.2 Å². The van der Waals surface area contributed by atoms with Crippen LogP contribution < -0.4 is 10.6 Å². The summed E-state index contributed by atoms with van der Waals surface area (Å²) in [6.07, 6.45) is 15.5. The highest BCUT2D eigenvalue weighted by Gasteiger charge is 2.39. The molecule has 8 nitrogen and oxygen atoms in total. The summed E-state index contributed by atoms with van der Waals surface area (Å²) in [6, 6.07) is 0.615. The van der Waals surface area contributed by atoms with Crippen molar-refractivity contribution in [2.45, 2.75) is 126 Å². The van der Waals surface area contributed by atoms with Crippen molar-refractivity contribution in [1.82, 2.24) is 20.4 Å². The molecule has 1 saturated heterocycles. The number of nitrogens with zero attached hydrogens (tertiary/aromatic N) is 2. The molecule has 3 aliphatic carbocycles. The quantitative estimate of drug-likeness (QED) is 0.415. The van der Waals surface area contributed by atoms with Crippen LogP contribution in [0.1, 0.15) is 89.9 Å². The summed E-state index contributed by atoms with van der Waals surface area (Å²) < 4.78 is 11.1. The third-order valence-corrected chi connectivity index (χ3v) is 10.1. The molecule has 0 aromatic heterocycles. The molecule has 218 valence electrons.